The van der Waals surface area contributed by atoms with Crippen LogP contribution in [-0.4, -0.2) is 33.8 Å². The minimum atomic E-state index is -4.78. The number of hydrogen-bond donors (Lipinski definition) is 2. The van der Waals surface area contributed by atoms with Crippen molar-refractivity contribution in [1.82, 2.24) is 20.3 Å². The fourth-order valence-electron chi connectivity index (χ4n) is 2.59. The van der Waals surface area contributed by atoms with Crippen LogP contribution in [-0.2, 0) is 6.42 Å². The molecule has 3 N–H and O–H groups in total. The quantitative estimate of drug-likeness (QED) is 0.657. The SMILES string of the molecule is Cc1ccc(CCNC(=O)c2nnn(-c3ccc(OC(F)(F)F)cc3)c2N)cc1. The van der Waals surface area contributed by atoms with Crippen molar-refractivity contribution in [2.75, 3.05) is 12.3 Å². The third kappa shape index (κ3) is 5.24. The van der Waals surface area contributed by atoms with E-state index in [4.69, 9.17) is 5.73 Å². The number of alkyl halides is 3. The Labute approximate surface area is 164 Å². The molecule has 0 fully saturated rings. The monoisotopic (exact) mass is 405 g/mol. The van der Waals surface area contributed by atoms with Crippen LogP contribution in [0.4, 0.5) is 19.0 Å². The Kier molecular flexibility index (Phi) is 5.71. The maximum absolute atomic E-state index is 12.3. The standard InChI is InChI=1S/C19H18F3N5O2/c1-12-2-4-13(5-3-12)10-11-24-18(28)16-17(23)27(26-25-16)14-6-8-15(9-7-14)29-19(20,21)22/h2-9H,10-11,23H2,1H3,(H,24,28). The first kappa shape index (κ1) is 20.2. The lowest BCUT2D eigenvalue weighted by Gasteiger charge is -2.09. The van der Waals surface area contributed by atoms with Crippen molar-refractivity contribution in [3.05, 3.63) is 65.4 Å². The summed E-state index contributed by atoms with van der Waals surface area (Å²) in [4.78, 5) is 12.3. The fraction of sp³-hybridized carbons (Fsp3) is 0.211. The Morgan fingerprint density at radius 1 is 1.14 bits per heavy atom. The molecule has 10 heteroatoms. The lowest BCUT2D eigenvalue weighted by Crippen LogP contribution is -2.27. The summed E-state index contributed by atoms with van der Waals surface area (Å²) in [6, 6.07) is 12.8. The van der Waals surface area contributed by atoms with Gasteiger partial charge in [0.2, 0.25) is 0 Å². The summed E-state index contributed by atoms with van der Waals surface area (Å²) in [6.45, 7) is 2.38. The lowest BCUT2D eigenvalue weighted by molar-refractivity contribution is -0.274. The largest absolute Gasteiger partial charge is 0.573 e. The van der Waals surface area contributed by atoms with E-state index < -0.39 is 12.3 Å². The molecule has 1 heterocycles. The molecule has 29 heavy (non-hydrogen) atoms. The van der Waals surface area contributed by atoms with Gasteiger partial charge in [-0.25, -0.2) is 0 Å². The van der Waals surface area contributed by atoms with Gasteiger partial charge in [0.15, 0.2) is 11.5 Å². The summed E-state index contributed by atoms with van der Waals surface area (Å²) in [5.41, 5.74) is 8.44. The highest BCUT2D eigenvalue weighted by Gasteiger charge is 2.31. The van der Waals surface area contributed by atoms with E-state index in [0.29, 0.717) is 18.7 Å². The topological polar surface area (TPSA) is 95.1 Å². The van der Waals surface area contributed by atoms with Crippen LogP contribution in [0.1, 0.15) is 21.6 Å². The molecule has 0 aliphatic carbocycles. The average molecular weight is 405 g/mol. The minimum absolute atomic E-state index is 0.0256. The molecule has 3 aromatic rings. The number of halogens is 3. The average Bonchev–Trinajstić information content (AvgIpc) is 3.04. The number of carbonyl (C=O) groups is 1. The van der Waals surface area contributed by atoms with Crippen LogP contribution in [0.2, 0.25) is 0 Å². The zero-order valence-electron chi connectivity index (χ0n) is 15.4. The first-order chi connectivity index (χ1) is 13.7. The van der Waals surface area contributed by atoms with Crippen LogP contribution >= 0.6 is 0 Å². The summed E-state index contributed by atoms with van der Waals surface area (Å²) in [5.74, 6) is -0.894. The number of anilines is 1. The van der Waals surface area contributed by atoms with Crippen molar-refractivity contribution < 1.29 is 22.7 Å². The van der Waals surface area contributed by atoms with Crippen LogP contribution in [0, 0.1) is 6.92 Å². The van der Waals surface area contributed by atoms with Gasteiger partial charge in [-0.15, -0.1) is 18.3 Å². The van der Waals surface area contributed by atoms with Crippen molar-refractivity contribution in [3.8, 4) is 11.4 Å². The maximum atomic E-state index is 12.3. The van der Waals surface area contributed by atoms with Crippen LogP contribution in [0.5, 0.6) is 5.75 Å². The Morgan fingerprint density at radius 3 is 2.41 bits per heavy atom. The van der Waals surface area contributed by atoms with E-state index in [9.17, 15) is 18.0 Å². The molecule has 0 unspecified atom stereocenters. The van der Waals surface area contributed by atoms with E-state index in [0.717, 1.165) is 27.9 Å². The Hall–Kier alpha value is -3.56. The summed E-state index contributed by atoms with van der Waals surface area (Å²) < 4.78 is 41.7. The predicted octanol–water partition coefficient (Wildman–Crippen LogP) is 3.03. The van der Waals surface area contributed by atoms with Crippen LogP contribution in [0.3, 0.4) is 0 Å². The number of amides is 1. The molecule has 0 atom stereocenters. The van der Waals surface area contributed by atoms with Gasteiger partial charge in [-0.3, -0.25) is 4.79 Å². The molecule has 7 nitrogen and oxygen atoms in total. The Balaban J connectivity index is 1.63. The van der Waals surface area contributed by atoms with Gasteiger partial charge in [0.25, 0.3) is 5.91 Å². The van der Waals surface area contributed by atoms with Crippen molar-refractivity contribution in [2.45, 2.75) is 19.7 Å². The summed E-state index contributed by atoms with van der Waals surface area (Å²) >= 11 is 0. The molecule has 1 amide bonds. The third-order valence-corrected chi connectivity index (χ3v) is 4.05. The molecule has 0 aliphatic rings. The van der Waals surface area contributed by atoms with Crippen LogP contribution < -0.4 is 15.8 Å². The second-order valence-electron chi connectivity index (χ2n) is 6.27. The first-order valence-corrected chi connectivity index (χ1v) is 8.64. The van der Waals surface area contributed by atoms with Crippen molar-refractivity contribution in [1.29, 1.82) is 0 Å². The van der Waals surface area contributed by atoms with Gasteiger partial charge in [-0.1, -0.05) is 35.0 Å². The highest BCUT2D eigenvalue weighted by atomic mass is 19.4. The molecular weight excluding hydrogens is 387 g/mol. The Morgan fingerprint density at radius 2 is 1.79 bits per heavy atom. The fourth-order valence-corrected chi connectivity index (χ4v) is 2.59. The summed E-state index contributed by atoms with van der Waals surface area (Å²) in [6.07, 6.45) is -4.14. The van der Waals surface area contributed by atoms with Crippen molar-refractivity contribution >= 4 is 11.7 Å². The second-order valence-corrected chi connectivity index (χ2v) is 6.27. The molecule has 0 bridgehead atoms. The predicted molar refractivity (Wildman–Crippen MR) is 99.7 cm³/mol. The molecule has 1 aromatic heterocycles. The van der Waals surface area contributed by atoms with Crippen LogP contribution in [0.25, 0.3) is 5.69 Å². The molecule has 0 aliphatic heterocycles. The van der Waals surface area contributed by atoms with Crippen molar-refractivity contribution in [3.63, 3.8) is 0 Å². The molecule has 0 saturated carbocycles. The van der Waals surface area contributed by atoms with E-state index in [-0.39, 0.29) is 17.3 Å². The van der Waals surface area contributed by atoms with Gasteiger partial charge >= 0.3 is 6.36 Å². The van der Waals surface area contributed by atoms with E-state index in [1.54, 1.807) is 0 Å². The smallest absolute Gasteiger partial charge is 0.406 e. The van der Waals surface area contributed by atoms with Crippen LogP contribution in [0.15, 0.2) is 48.5 Å². The number of hydrogen-bond acceptors (Lipinski definition) is 5. The number of nitrogens with zero attached hydrogens (tertiary/aromatic N) is 3. The van der Waals surface area contributed by atoms with Gasteiger partial charge in [-0.2, -0.15) is 4.68 Å². The molecule has 0 saturated heterocycles. The number of nitrogen functional groups attached to an aromatic ring is 1. The number of nitrogens with two attached hydrogens (primary N) is 1. The zero-order valence-corrected chi connectivity index (χ0v) is 15.4. The number of nitrogens with one attached hydrogen (secondary N) is 1. The van der Waals surface area contributed by atoms with E-state index >= 15 is 0 Å². The lowest BCUT2D eigenvalue weighted by atomic mass is 10.1. The van der Waals surface area contributed by atoms with Gasteiger partial charge in [0.1, 0.15) is 5.75 Å². The third-order valence-electron chi connectivity index (χ3n) is 4.05. The zero-order chi connectivity index (χ0) is 21.0. The number of aromatic nitrogens is 3. The number of aryl methyl sites for hydroxylation is 1. The molecule has 0 spiro atoms. The highest BCUT2D eigenvalue weighted by Crippen LogP contribution is 2.24. The van der Waals surface area contributed by atoms with Gasteiger partial charge in [0, 0.05) is 6.54 Å². The minimum Gasteiger partial charge on any atom is -0.406 e. The van der Waals surface area contributed by atoms with Crippen molar-refractivity contribution in [2.24, 2.45) is 0 Å². The molecule has 152 valence electrons. The molecular formula is C19H18F3N5O2. The number of carbonyl (C=O) groups excluding carboxylic acids is 1. The van der Waals surface area contributed by atoms with E-state index in [1.165, 1.54) is 12.1 Å². The maximum Gasteiger partial charge on any atom is 0.573 e. The normalized spacial score (nSPS) is 11.3. The number of rotatable bonds is 6. The van der Waals surface area contributed by atoms with E-state index in [1.807, 2.05) is 31.2 Å². The highest BCUT2D eigenvalue weighted by molar-refractivity contribution is 5.96. The van der Waals surface area contributed by atoms with Gasteiger partial charge in [-0.05, 0) is 43.2 Å². The van der Waals surface area contributed by atoms with Gasteiger partial charge < -0.3 is 15.8 Å². The molecule has 3 rings (SSSR count). The second kappa shape index (κ2) is 8.21. The number of ether oxygens (including phenoxy) is 1. The molecule has 2 aromatic carbocycles. The Bertz CT molecular complexity index is 983. The summed E-state index contributed by atoms with van der Waals surface area (Å²) in [7, 11) is 0. The molecule has 0 radical (unpaired) electrons. The first-order valence-electron chi connectivity index (χ1n) is 8.64. The number of benzene rings is 2. The summed E-state index contributed by atoms with van der Waals surface area (Å²) in [5, 5.41) is 10.3. The van der Waals surface area contributed by atoms with Gasteiger partial charge in [0.05, 0.1) is 5.69 Å². The van der Waals surface area contributed by atoms with E-state index in [2.05, 4.69) is 20.4 Å².